The highest BCUT2D eigenvalue weighted by atomic mass is 127. The second-order valence-corrected chi connectivity index (χ2v) is 5.57. The van der Waals surface area contributed by atoms with Crippen LogP contribution in [0.1, 0.15) is 26.2 Å². The molecule has 2 aliphatic heterocycles. The summed E-state index contributed by atoms with van der Waals surface area (Å²) in [6, 6.07) is 0. The molecule has 0 atom stereocenters. The second kappa shape index (κ2) is 4.82. The highest BCUT2D eigenvalue weighted by Crippen LogP contribution is 2.27. The average Bonchev–Trinajstić information content (AvgIpc) is 2.79. The van der Waals surface area contributed by atoms with Crippen molar-refractivity contribution in [1.29, 1.82) is 0 Å². The van der Waals surface area contributed by atoms with E-state index in [-0.39, 0.29) is 5.91 Å². The van der Waals surface area contributed by atoms with Crippen LogP contribution in [-0.2, 0) is 4.79 Å². The van der Waals surface area contributed by atoms with Gasteiger partial charge >= 0.3 is 0 Å². The van der Waals surface area contributed by atoms with Crippen molar-refractivity contribution >= 4 is 28.5 Å². The summed E-state index contributed by atoms with van der Waals surface area (Å²) in [5, 5.41) is 0. The Morgan fingerprint density at radius 2 is 2.00 bits per heavy atom. The van der Waals surface area contributed by atoms with E-state index in [0.29, 0.717) is 6.54 Å². The molecule has 2 heterocycles. The molecule has 0 spiro atoms. The van der Waals surface area contributed by atoms with Gasteiger partial charge in [0.05, 0.1) is 6.54 Å². The van der Waals surface area contributed by atoms with Crippen molar-refractivity contribution < 1.29 is 4.79 Å². The van der Waals surface area contributed by atoms with Crippen LogP contribution in [0.3, 0.4) is 0 Å². The number of likely N-dealkylation sites (tertiary alicyclic amines) is 1. The minimum absolute atomic E-state index is 0.279. The molecule has 1 saturated heterocycles. The Kier molecular flexibility index (Phi) is 3.66. The van der Waals surface area contributed by atoms with Crippen LogP contribution < -0.4 is 0 Å². The van der Waals surface area contributed by atoms with Gasteiger partial charge in [0.25, 0.3) is 0 Å². The van der Waals surface area contributed by atoms with Gasteiger partial charge in [-0.25, -0.2) is 0 Å². The normalized spacial score (nSPS) is 22.9. The lowest BCUT2D eigenvalue weighted by molar-refractivity contribution is -0.129. The van der Waals surface area contributed by atoms with E-state index >= 15 is 0 Å². The molecule has 3 nitrogen and oxygen atoms in total. The fraction of sp³-hybridized carbons (Fsp3) is 0.727. The molecule has 0 unspecified atom stereocenters. The highest BCUT2D eigenvalue weighted by Gasteiger charge is 2.25. The molecule has 15 heavy (non-hydrogen) atoms. The van der Waals surface area contributed by atoms with Gasteiger partial charge in [-0.3, -0.25) is 9.69 Å². The van der Waals surface area contributed by atoms with E-state index in [2.05, 4.69) is 34.4 Å². The SMILES string of the molecule is CC1=C(I)CCN1C(=O)CN1CCCC1. The van der Waals surface area contributed by atoms with Crippen LogP contribution in [0.2, 0.25) is 0 Å². The zero-order valence-corrected chi connectivity index (χ0v) is 11.3. The lowest BCUT2D eigenvalue weighted by atomic mass is 10.4. The Bertz CT molecular complexity index is 295. The first-order chi connectivity index (χ1) is 7.18. The van der Waals surface area contributed by atoms with E-state index in [1.165, 1.54) is 22.1 Å². The fourth-order valence-corrected chi connectivity index (χ4v) is 2.77. The van der Waals surface area contributed by atoms with Crippen LogP contribution in [0.5, 0.6) is 0 Å². The highest BCUT2D eigenvalue weighted by molar-refractivity contribution is 14.1. The minimum Gasteiger partial charge on any atom is -0.314 e. The Labute approximate surface area is 105 Å². The number of hydrogen-bond acceptors (Lipinski definition) is 2. The van der Waals surface area contributed by atoms with Gasteiger partial charge in [0.1, 0.15) is 0 Å². The van der Waals surface area contributed by atoms with Crippen molar-refractivity contribution in [1.82, 2.24) is 9.80 Å². The first-order valence-corrected chi connectivity index (χ1v) is 6.64. The maximum atomic E-state index is 12.0. The smallest absolute Gasteiger partial charge is 0.240 e. The van der Waals surface area contributed by atoms with Crippen molar-refractivity contribution in [2.24, 2.45) is 0 Å². The van der Waals surface area contributed by atoms with E-state index in [1.807, 2.05) is 4.90 Å². The van der Waals surface area contributed by atoms with Crippen molar-refractivity contribution in [3.8, 4) is 0 Å². The molecule has 0 aromatic carbocycles. The summed E-state index contributed by atoms with van der Waals surface area (Å²) in [4.78, 5) is 16.2. The monoisotopic (exact) mass is 320 g/mol. The quantitative estimate of drug-likeness (QED) is 0.727. The number of carbonyl (C=O) groups excluding carboxylic acids is 1. The predicted octanol–water partition coefficient (Wildman–Crippen LogP) is 1.98. The predicted molar refractivity (Wildman–Crippen MR) is 68.7 cm³/mol. The third kappa shape index (κ3) is 2.53. The van der Waals surface area contributed by atoms with Gasteiger partial charge in [0.15, 0.2) is 0 Å². The Morgan fingerprint density at radius 3 is 2.53 bits per heavy atom. The van der Waals surface area contributed by atoms with Gasteiger partial charge in [-0.1, -0.05) is 0 Å². The number of nitrogens with zero attached hydrogens (tertiary/aromatic N) is 2. The summed E-state index contributed by atoms with van der Waals surface area (Å²) in [6.45, 7) is 5.74. The molecule has 0 radical (unpaired) electrons. The second-order valence-electron chi connectivity index (χ2n) is 4.27. The fourth-order valence-electron chi connectivity index (χ4n) is 2.23. The molecular weight excluding hydrogens is 303 g/mol. The number of halogens is 1. The van der Waals surface area contributed by atoms with Gasteiger partial charge in [-0.15, -0.1) is 0 Å². The summed E-state index contributed by atoms with van der Waals surface area (Å²) in [5.41, 5.74) is 1.17. The van der Waals surface area contributed by atoms with Gasteiger partial charge in [0.2, 0.25) is 5.91 Å². The van der Waals surface area contributed by atoms with Crippen LogP contribution in [-0.4, -0.2) is 41.9 Å². The van der Waals surface area contributed by atoms with Gasteiger partial charge < -0.3 is 4.90 Å². The third-order valence-corrected chi connectivity index (χ3v) is 4.53. The van der Waals surface area contributed by atoms with Crippen LogP contribution >= 0.6 is 22.6 Å². The zero-order chi connectivity index (χ0) is 10.8. The number of carbonyl (C=O) groups is 1. The molecule has 2 aliphatic rings. The topological polar surface area (TPSA) is 23.6 Å². The number of amides is 1. The molecule has 4 heteroatoms. The van der Waals surface area contributed by atoms with Crippen molar-refractivity contribution in [2.45, 2.75) is 26.2 Å². The molecule has 2 rings (SSSR count). The molecule has 0 saturated carbocycles. The molecule has 84 valence electrons. The maximum absolute atomic E-state index is 12.0. The van der Waals surface area contributed by atoms with Crippen LogP contribution in [0.4, 0.5) is 0 Å². The van der Waals surface area contributed by atoms with Gasteiger partial charge in [-0.2, -0.15) is 0 Å². The molecule has 0 aromatic rings. The summed E-state index contributed by atoms with van der Waals surface area (Å²) >= 11 is 2.34. The van der Waals surface area contributed by atoms with Gasteiger partial charge in [-0.05, 0) is 61.9 Å². The van der Waals surface area contributed by atoms with Crippen molar-refractivity contribution in [3.05, 3.63) is 9.28 Å². The third-order valence-electron chi connectivity index (χ3n) is 3.21. The van der Waals surface area contributed by atoms with E-state index < -0.39 is 0 Å². The summed E-state index contributed by atoms with van der Waals surface area (Å²) in [6.07, 6.45) is 3.54. The standard InChI is InChI=1S/C11H17IN2O/c1-9-10(12)4-7-14(9)11(15)8-13-5-2-3-6-13/h2-8H2,1H3. The van der Waals surface area contributed by atoms with Gasteiger partial charge in [0, 0.05) is 15.8 Å². The summed E-state index contributed by atoms with van der Waals surface area (Å²) < 4.78 is 1.34. The molecule has 1 fully saturated rings. The van der Waals surface area contributed by atoms with Crippen LogP contribution in [0.25, 0.3) is 0 Å². The summed E-state index contributed by atoms with van der Waals surface area (Å²) in [5.74, 6) is 0.279. The Morgan fingerprint density at radius 1 is 1.33 bits per heavy atom. The average molecular weight is 320 g/mol. The molecule has 1 amide bonds. The first-order valence-electron chi connectivity index (χ1n) is 5.56. The van der Waals surface area contributed by atoms with E-state index in [9.17, 15) is 4.79 Å². The zero-order valence-electron chi connectivity index (χ0n) is 9.13. The molecular formula is C11H17IN2O. The maximum Gasteiger partial charge on any atom is 0.240 e. The number of rotatable bonds is 2. The Hall–Kier alpha value is -0.100. The van der Waals surface area contributed by atoms with E-state index in [1.54, 1.807) is 0 Å². The van der Waals surface area contributed by atoms with E-state index in [4.69, 9.17) is 0 Å². The van der Waals surface area contributed by atoms with Crippen molar-refractivity contribution in [2.75, 3.05) is 26.2 Å². The molecule has 0 N–H and O–H groups in total. The molecule has 0 bridgehead atoms. The lowest BCUT2D eigenvalue weighted by Gasteiger charge is -2.21. The number of allylic oxidation sites excluding steroid dienone is 1. The van der Waals surface area contributed by atoms with Crippen LogP contribution in [0, 0.1) is 0 Å². The van der Waals surface area contributed by atoms with E-state index in [0.717, 1.165) is 26.1 Å². The van der Waals surface area contributed by atoms with Crippen LogP contribution in [0.15, 0.2) is 9.28 Å². The number of hydrogen-bond donors (Lipinski definition) is 0. The molecule has 0 aromatic heterocycles. The largest absolute Gasteiger partial charge is 0.314 e. The Balaban J connectivity index is 1.91. The van der Waals surface area contributed by atoms with Crippen molar-refractivity contribution in [3.63, 3.8) is 0 Å². The minimum atomic E-state index is 0.279. The first kappa shape index (κ1) is 11.4. The lowest BCUT2D eigenvalue weighted by Crippen LogP contribution is -2.37. The summed E-state index contributed by atoms with van der Waals surface area (Å²) in [7, 11) is 0. The molecule has 0 aliphatic carbocycles.